The van der Waals surface area contributed by atoms with Crippen LogP contribution in [0.15, 0.2) is 55.7 Å². The second kappa shape index (κ2) is 8.84. The van der Waals surface area contributed by atoms with Crippen LogP contribution in [0.3, 0.4) is 0 Å². The largest absolute Gasteiger partial charge is 0.339 e. The number of likely N-dealkylation sites (N-methyl/N-ethyl adjacent to an activating group) is 1. The monoisotopic (exact) mass is 401 g/mol. The van der Waals surface area contributed by atoms with Crippen molar-refractivity contribution < 1.29 is 0 Å². The first-order valence-corrected chi connectivity index (χ1v) is 10.9. The van der Waals surface area contributed by atoms with Gasteiger partial charge in [-0.3, -0.25) is 0 Å². The molecule has 0 aliphatic heterocycles. The first kappa shape index (κ1) is 20.4. The third-order valence-corrected chi connectivity index (χ3v) is 6.12. The first-order chi connectivity index (χ1) is 14.6. The number of rotatable bonds is 6. The van der Waals surface area contributed by atoms with Crippen LogP contribution >= 0.6 is 0 Å². The summed E-state index contributed by atoms with van der Waals surface area (Å²) in [4.78, 5) is 6.57. The minimum Gasteiger partial charge on any atom is -0.339 e. The SMILES string of the molecule is C=C1C/C=C\c2c(c3cc(-n4cncn4)ccc3n2CCN(CC)CC)C(=C)CC1. The molecule has 2 aromatic heterocycles. The van der Waals surface area contributed by atoms with Crippen molar-refractivity contribution in [2.45, 2.75) is 39.7 Å². The van der Waals surface area contributed by atoms with E-state index in [-0.39, 0.29) is 0 Å². The van der Waals surface area contributed by atoms with E-state index in [0.29, 0.717) is 0 Å². The summed E-state index contributed by atoms with van der Waals surface area (Å²) >= 11 is 0. The van der Waals surface area contributed by atoms with E-state index in [1.807, 2.05) is 4.68 Å². The smallest absolute Gasteiger partial charge is 0.138 e. The van der Waals surface area contributed by atoms with Gasteiger partial charge in [-0.1, -0.05) is 38.7 Å². The van der Waals surface area contributed by atoms with Crippen LogP contribution in [0.2, 0.25) is 0 Å². The van der Waals surface area contributed by atoms with Crippen LogP contribution in [0.25, 0.3) is 28.2 Å². The quantitative estimate of drug-likeness (QED) is 0.524. The first-order valence-electron chi connectivity index (χ1n) is 10.9. The molecule has 5 nitrogen and oxygen atoms in total. The summed E-state index contributed by atoms with van der Waals surface area (Å²) in [6.45, 7) is 17.3. The molecule has 0 spiro atoms. The average molecular weight is 402 g/mol. The molecule has 0 saturated heterocycles. The number of hydrogen-bond acceptors (Lipinski definition) is 3. The van der Waals surface area contributed by atoms with Crippen LogP contribution in [0.5, 0.6) is 0 Å². The van der Waals surface area contributed by atoms with E-state index in [1.54, 1.807) is 12.7 Å². The zero-order chi connectivity index (χ0) is 21.1. The maximum absolute atomic E-state index is 4.48. The summed E-state index contributed by atoms with van der Waals surface area (Å²) in [5.41, 5.74) is 7.23. The molecule has 1 aromatic carbocycles. The molecule has 2 heterocycles. The number of fused-ring (bicyclic) bond motifs is 3. The molecule has 0 radical (unpaired) electrons. The van der Waals surface area contributed by atoms with Gasteiger partial charge in [0.1, 0.15) is 12.7 Å². The Morgan fingerprint density at radius 1 is 1.13 bits per heavy atom. The molecule has 0 N–H and O–H groups in total. The molecule has 5 heteroatoms. The highest BCUT2D eigenvalue weighted by Crippen LogP contribution is 2.37. The topological polar surface area (TPSA) is 38.9 Å². The lowest BCUT2D eigenvalue weighted by atomic mass is 9.98. The lowest BCUT2D eigenvalue weighted by molar-refractivity contribution is 0.292. The van der Waals surface area contributed by atoms with Crippen LogP contribution < -0.4 is 0 Å². The van der Waals surface area contributed by atoms with Gasteiger partial charge < -0.3 is 9.47 Å². The van der Waals surface area contributed by atoms with Crippen LogP contribution in [0, 0.1) is 0 Å². The molecular formula is C25H31N5. The summed E-state index contributed by atoms with van der Waals surface area (Å²) in [7, 11) is 0. The zero-order valence-electron chi connectivity index (χ0n) is 18.1. The second-order valence-electron chi connectivity index (χ2n) is 7.94. The fourth-order valence-corrected chi connectivity index (χ4v) is 4.31. The van der Waals surface area contributed by atoms with Gasteiger partial charge in [0.15, 0.2) is 0 Å². The Morgan fingerprint density at radius 2 is 1.97 bits per heavy atom. The van der Waals surface area contributed by atoms with Crippen molar-refractivity contribution in [1.82, 2.24) is 24.2 Å². The standard InChI is InChI=1S/C25H31N5/c1-5-28(6-2)14-15-29-23-13-12-21(30-18-26-17-27-30)16-22(23)25-20(4)11-10-19(3)8-7-9-24(25)29/h7,9,12-13,16-18H,3-6,8,10-11,14-15H2,1-2H3/b9-7-. The van der Waals surface area contributed by atoms with E-state index in [9.17, 15) is 0 Å². The summed E-state index contributed by atoms with van der Waals surface area (Å²) in [5.74, 6) is 0. The molecule has 1 aliphatic rings. The number of allylic oxidation sites excluding steroid dienone is 3. The lowest BCUT2D eigenvalue weighted by Crippen LogP contribution is -2.27. The van der Waals surface area contributed by atoms with E-state index in [2.05, 4.69) is 76.9 Å². The number of nitrogens with zero attached hydrogens (tertiary/aromatic N) is 5. The normalized spacial score (nSPS) is 15.8. The predicted octanol–water partition coefficient (Wildman–Crippen LogP) is 5.33. The minimum absolute atomic E-state index is 0.925. The van der Waals surface area contributed by atoms with Crippen molar-refractivity contribution in [3.8, 4) is 5.69 Å². The molecule has 30 heavy (non-hydrogen) atoms. The minimum atomic E-state index is 0.925. The molecule has 0 atom stereocenters. The van der Waals surface area contributed by atoms with Crippen molar-refractivity contribution in [3.63, 3.8) is 0 Å². The van der Waals surface area contributed by atoms with Crippen LogP contribution in [0.4, 0.5) is 0 Å². The Hall–Kier alpha value is -2.92. The van der Waals surface area contributed by atoms with Crippen molar-refractivity contribution in [2.75, 3.05) is 19.6 Å². The number of hydrogen-bond donors (Lipinski definition) is 0. The lowest BCUT2D eigenvalue weighted by Gasteiger charge is -2.19. The van der Waals surface area contributed by atoms with Gasteiger partial charge >= 0.3 is 0 Å². The van der Waals surface area contributed by atoms with Gasteiger partial charge in [-0.25, -0.2) is 9.67 Å². The third-order valence-electron chi connectivity index (χ3n) is 6.12. The predicted molar refractivity (Wildman–Crippen MR) is 126 cm³/mol. The average Bonchev–Trinajstić information content (AvgIpc) is 3.39. The van der Waals surface area contributed by atoms with E-state index in [1.165, 1.54) is 33.3 Å². The molecular weight excluding hydrogens is 370 g/mol. The molecule has 0 amide bonds. The van der Waals surface area contributed by atoms with Gasteiger partial charge in [-0.05, 0) is 62.2 Å². The number of benzene rings is 1. The summed E-state index contributed by atoms with van der Waals surface area (Å²) in [6.07, 6.45) is 10.7. The van der Waals surface area contributed by atoms with Gasteiger partial charge in [0, 0.05) is 35.2 Å². The van der Waals surface area contributed by atoms with Gasteiger partial charge in [-0.15, -0.1) is 0 Å². The van der Waals surface area contributed by atoms with Crippen molar-refractivity contribution >= 4 is 22.6 Å². The highest BCUT2D eigenvalue weighted by Gasteiger charge is 2.20. The molecule has 0 bridgehead atoms. The Balaban J connectivity index is 1.88. The third kappa shape index (κ3) is 3.90. The highest BCUT2D eigenvalue weighted by molar-refractivity contribution is 5.98. The number of aromatic nitrogens is 4. The van der Waals surface area contributed by atoms with Crippen LogP contribution in [-0.2, 0) is 6.54 Å². The Bertz CT molecular complexity index is 1080. The maximum Gasteiger partial charge on any atom is 0.138 e. The summed E-state index contributed by atoms with van der Waals surface area (Å²) in [5, 5.41) is 5.55. The maximum atomic E-state index is 4.48. The van der Waals surface area contributed by atoms with Crippen LogP contribution in [0.1, 0.15) is 44.4 Å². The van der Waals surface area contributed by atoms with E-state index >= 15 is 0 Å². The molecule has 0 unspecified atom stereocenters. The Morgan fingerprint density at radius 3 is 2.70 bits per heavy atom. The van der Waals surface area contributed by atoms with Gasteiger partial charge in [0.25, 0.3) is 0 Å². The van der Waals surface area contributed by atoms with Crippen LogP contribution in [-0.4, -0.2) is 43.9 Å². The molecule has 4 rings (SSSR count). The Labute approximate surface area is 179 Å². The van der Waals surface area contributed by atoms with E-state index in [0.717, 1.165) is 51.1 Å². The molecule has 1 aliphatic carbocycles. The summed E-state index contributed by atoms with van der Waals surface area (Å²) < 4.78 is 4.28. The van der Waals surface area contributed by atoms with Crippen molar-refractivity contribution in [3.05, 3.63) is 66.9 Å². The molecule has 3 aromatic rings. The second-order valence-corrected chi connectivity index (χ2v) is 7.94. The van der Waals surface area contributed by atoms with Crippen molar-refractivity contribution in [2.24, 2.45) is 0 Å². The molecule has 0 saturated carbocycles. The Kier molecular flexibility index (Phi) is 6.00. The molecule has 0 fully saturated rings. The van der Waals surface area contributed by atoms with E-state index < -0.39 is 0 Å². The summed E-state index contributed by atoms with van der Waals surface area (Å²) in [6, 6.07) is 6.56. The zero-order valence-corrected chi connectivity index (χ0v) is 18.1. The van der Waals surface area contributed by atoms with Gasteiger partial charge in [0.05, 0.1) is 5.69 Å². The van der Waals surface area contributed by atoms with E-state index in [4.69, 9.17) is 0 Å². The molecule has 156 valence electrons. The van der Waals surface area contributed by atoms with Gasteiger partial charge in [-0.2, -0.15) is 5.10 Å². The van der Waals surface area contributed by atoms with Gasteiger partial charge in [0.2, 0.25) is 0 Å². The van der Waals surface area contributed by atoms with Crippen molar-refractivity contribution in [1.29, 1.82) is 0 Å². The highest BCUT2D eigenvalue weighted by atomic mass is 15.3. The fourth-order valence-electron chi connectivity index (χ4n) is 4.31. The fraction of sp³-hybridized carbons (Fsp3) is 0.360.